The first-order valence-corrected chi connectivity index (χ1v) is 7.26. The molecule has 1 aliphatic carbocycles. The molecule has 0 aliphatic heterocycles. The number of hydrogen-bond acceptors (Lipinski definition) is 1. The Morgan fingerprint density at radius 3 is 2.61 bits per heavy atom. The number of rotatable bonds is 6. The van der Waals surface area contributed by atoms with Gasteiger partial charge in [0.2, 0.25) is 0 Å². The molecule has 1 aromatic carbocycles. The van der Waals surface area contributed by atoms with Gasteiger partial charge >= 0.3 is 0 Å². The summed E-state index contributed by atoms with van der Waals surface area (Å²) in [5.74, 6) is 0.882. The van der Waals surface area contributed by atoms with E-state index < -0.39 is 0 Å². The van der Waals surface area contributed by atoms with Crippen LogP contribution in [0.1, 0.15) is 38.7 Å². The van der Waals surface area contributed by atoms with Crippen LogP contribution in [-0.2, 0) is 5.88 Å². The molecule has 100 valence electrons. The molecular weight excluding hydrogens is 249 g/mol. The highest BCUT2D eigenvalue weighted by Crippen LogP contribution is 2.34. The zero-order valence-corrected chi connectivity index (χ0v) is 11.9. The average molecular weight is 270 g/mol. The number of halogens is 2. The van der Waals surface area contributed by atoms with Gasteiger partial charge in [-0.15, -0.1) is 11.6 Å². The van der Waals surface area contributed by atoms with E-state index in [1.54, 1.807) is 6.07 Å². The second-order valence-corrected chi connectivity index (χ2v) is 5.79. The first kappa shape index (κ1) is 13.7. The molecule has 1 fully saturated rings. The Bertz CT molecular complexity index is 401. The van der Waals surface area contributed by atoms with Crippen molar-refractivity contribution in [3.05, 3.63) is 29.6 Å². The molecule has 3 heteroatoms. The maximum atomic E-state index is 14.1. The molecule has 1 nitrogen and oxygen atoms in total. The zero-order chi connectivity index (χ0) is 13.1. The van der Waals surface area contributed by atoms with Crippen LogP contribution in [0.2, 0.25) is 0 Å². The van der Waals surface area contributed by atoms with E-state index in [4.69, 9.17) is 11.6 Å². The van der Waals surface area contributed by atoms with Crippen LogP contribution in [0, 0.1) is 11.7 Å². The SMILES string of the molecule is CC(C)CCN(c1ccc(CCl)cc1F)C1CC1. The van der Waals surface area contributed by atoms with E-state index in [-0.39, 0.29) is 5.82 Å². The fourth-order valence-electron chi connectivity index (χ4n) is 2.15. The van der Waals surface area contributed by atoms with Crippen LogP contribution in [0.25, 0.3) is 0 Å². The quantitative estimate of drug-likeness (QED) is 0.684. The molecule has 0 N–H and O–H groups in total. The van der Waals surface area contributed by atoms with Crippen molar-refractivity contribution in [2.45, 2.75) is 45.0 Å². The highest BCUT2D eigenvalue weighted by Gasteiger charge is 2.30. The lowest BCUT2D eigenvalue weighted by atomic mass is 10.1. The summed E-state index contributed by atoms with van der Waals surface area (Å²) in [5.41, 5.74) is 1.59. The summed E-state index contributed by atoms with van der Waals surface area (Å²) in [6.45, 7) is 5.36. The highest BCUT2D eigenvalue weighted by molar-refractivity contribution is 6.17. The Hall–Kier alpha value is -0.760. The molecule has 0 aromatic heterocycles. The van der Waals surface area contributed by atoms with Crippen molar-refractivity contribution in [1.29, 1.82) is 0 Å². The summed E-state index contributed by atoms with van der Waals surface area (Å²) < 4.78 is 14.1. The van der Waals surface area contributed by atoms with E-state index in [0.717, 1.165) is 24.2 Å². The molecular formula is C15H21ClFN. The lowest BCUT2D eigenvalue weighted by Gasteiger charge is -2.26. The molecule has 0 unspecified atom stereocenters. The van der Waals surface area contributed by atoms with Crippen LogP contribution in [0.5, 0.6) is 0 Å². The average Bonchev–Trinajstić information content (AvgIpc) is 3.15. The Morgan fingerprint density at radius 2 is 2.11 bits per heavy atom. The minimum Gasteiger partial charge on any atom is -0.366 e. The minimum atomic E-state index is -0.135. The van der Waals surface area contributed by atoms with E-state index in [1.807, 2.05) is 12.1 Å². The van der Waals surface area contributed by atoms with Gasteiger partial charge in [-0.2, -0.15) is 0 Å². The van der Waals surface area contributed by atoms with Crippen LogP contribution in [0.15, 0.2) is 18.2 Å². The van der Waals surface area contributed by atoms with Gasteiger partial charge in [-0.1, -0.05) is 19.9 Å². The lowest BCUT2D eigenvalue weighted by molar-refractivity contribution is 0.558. The molecule has 18 heavy (non-hydrogen) atoms. The fourth-order valence-corrected chi connectivity index (χ4v) is 2.32. The number of hydrogen-bond donors (Lipinski definition) is 0. The van der Waals surface area contributed by atoms with Gasteiger partial charge in [-0.25, -0.2) is 4.39 Å². The second-order valence-electron chi connectivity index (χ2n) is 5.53. The summed E-state index contributed by atoms with van der Waals surface area (Å²) in [5, 5.41) is 0. The first-order valence-electron chi connectivity index (χ1n) is 6.73. The number of anilines is 1. The van der Waals surface area contributed by atoms with E-state index in [2.05, 4.69) is 18.7 Å². The topological polar surface area (TPSA) is 3.24 Å². The number of nitrogens with zero attached hydrogens (tertiary/aromatic N) is 1. The van der Waals surface area contributed by atoms with Gasteiger partial charge < -0.3 is 4.90 Å². The maximum absolute atomic E-state index is 14.1. The van der Waals surface area contributed by atoms with Gasteiger partial charge in [-0.05, 0) is 42.9 Å². The molecule has 0 amide bonds. The zero-order valence-electron chi connectivity index (χ0n) is 11.1. The Balaban J connectivity index is 2.14. The van der Waals surface area contributed by atoms with E-state index in [0.29, 0.717) is 17.8 Å². The lowest BCUT2D eigenvalue weighted by Crippen LogP contribution is -2.28. The molecule has 0 radical (unpaired) electrons. The maximum Gasteiger partial charge on any atom is 0.146 e. The van der Waals surface area contributed by atoms with Gasteiger partial charge in [0.25, 0.3) is 0 Å². The third kappa shape index (κ3) is 3.38. The van der Waals surface area contributed by atoms with Crippen molar-refractivity contribution in [2.75, 3.05) is 11.4 Å². The van der Waals surface area contributed by atoms with Gasteiger partial charge in [0.1, 0.15) is 5.82 Å². The third-order valence-corrected chi connectivity index (χ3v) is 3.72. The Labute approximate surface area is 114 Å². The predicted octanol–water partition coefficient (Wildman–Crippen LogP) is 4.58. The second kappa shape index (κ2) is 5.92. The molecule has 0 bridgehead atoms. The van der Waals surface area contributed by atoms with Crippen molar-refractivity contribution < 1.29 is 4.39 Å². The number of alkyl halides is 1. The normalized spacial score (nSPS) is 15.2. The van der Waals surface area contributed by atoms with Crippen molar-refractivity contribution in [3.63, 3.8) is 0 Å². The largest absolute Gasteiger partial charge is 0.366 e. The molecule has 2 rings (SSSR count). The standard InChI is InChI=1S/C15H21ClFN/c1-11(2)7-8-18(13-4-5-13)15-6-3-12(10-16)9-14(15)17/h3,6,9,11,13H,4-5,7-8,10H2,1-2H3. The van der Waals surface area contributed by atoms with Crippen molar-refractivity contribution >= 4 is 17.3 Å². The first-order chi connectivity index (χ1) is 8.61. The van der Waals surface area contributed by atoms with Crippen molar-refractivity contribution in [3.8, 4) is 0 Å². The van der Waals surface area contributed by atoms with Crippen LogP contribution >= 0.6 is 11.6 Å². The van der Waals surface area contributed by atoms with E-state index in [1.165, 1.54) is 12.8 Å². The third-order valence-electron chi connectivity index (χ3n) is 3.41. The minimum absolute atomic E-state index is 0.135. The van der Waals surface area contributed by atoms with Gasteiger partial charge in [0.15, 0.2) is 0 Å². The van der Waals surface area contributed by atoms with E-state index in [9.17, 15) is 4.39 Å². The van der Waals surface area contributed by atoms with Crippen LogP contribution in [-0.4, -0.2) is 12.6 Å². The van der Waals surface area contributed by atoms with Crippen LogP contribution < -0.4 is 4.90 Å². The molecule has 1 saturated carbocycles. The summed E-state index contributed by atoms with van der Waals surface area (Å²) >= 11 is 5.73. The summed E-state index contributed by atoms with van der Waals surface area (Å²) in [4.78, 5) is 2.23. The van der Waals surface area contributed by atoms with Crippen molar-refractivity contribution in [2.24, 2.45) is 5.92 Å². The fraction of sp³-hybridized carbons (Fsp3) is 0.600. The predicted molar refractivity (Wildman–Crippen MR) is 75.8 cm³/mol. The summed E-state index contributed by atoms with van der Waals surface area (Å²) in [7, 11) is 0. The molecule has 1 aliphatic rings. The van der Waals surface area contributed by atoms with Gasteiger partial charge in [0, 0.05) is 18.5 Å². The molecule has 0 saturated heterocycles. The van der Waals surface area contributed by atoms with Gasteiger partial charge in [-0.3, -0.25) is 0 Å². The van der Waals surface area contributed by atoms with Gasteiger partial charge in [0.05, 0.1) is 5.69 Å². The van der Waals surface area contributed by atoms with E-state index >= 15 is 0 Å². The molecule has 0 spiro atoms. The Morgan fingerprint density at radius 1 is 1.39 bits per heavy atom. The van der Waals surface area contributed by atoms with Crippen LogP contribution in [0.3, 0.4) is 0 Å². The smallest absolute Gasteiger partial charge is 0.146 e. The summed E-state index contributed by atoms with van der Waals surface area (Å²) in [6.07, 6.45) is 3.48. The molecule has 0 atom stereocenters. The van der Waals surface area contributed by atoms with Crippen LogP contribution in [0.4, 0.5) is 10.1 Å². The molecule has 1 aromatic rings. The number of benzene rings is 1. The Kier molecular flexibility index (Phi) is 4.50. The summed E-state index contributed by atoms with van der Waals surface area (Å²) in [6, 6.07) is 5.91. The molecule has 0 heterocycles. The highest BCUT2D eigenvalue weighted by atomic mass is 35.5. The van der Waals surface area contributed by atoms with Crippen molar-refractivity contribution in [1.82, 2.24) is 0 Å². The monoisotopic (exact) mass is 269 g/mol.